The van der Waals surface area contributed by atoms with E-state index in [1.54, 1.807) is 6.20 Å². The quantitative estimate of drug-likeness (QED) is 0.853. The van der Waals surface area contributed by atoms with Crippen LogP contribution in [0, 0.1) is 5.92 Å². The average Bonchev–Trinajstić information content (AvgIpc) is 2.98. The molecule has 5 nitrogen and oxygen atoms in total. The van der Waals surface area contributed by atoms with Crippen molar-refractivity contribution in [3.05, 3.63) is 53.9 Å². The largest absolute Gasteiger partial charge is 0.352 e. The molecular weight excluding hydrogens is 300 g/mol. The average molecular weight is 323 g/mol. The smallest absolute Gasteiger partial charge is 0.224 e. The van der Waals surface area contributed by atoms with Crippen LogP contribution in [0.25, 0.3) is 0 Å². The van der Waals surface area contributed by atoms with Gasteiger partial charge in [0.2, 0.25) is 5.91 Å². The van der Waals surface area contributed by atoms with Crippen molar-refractivity contribution < 1.29 is 4.79 Å². The van der Waals surface area contributed by atoms with E-state index in [1.165, 1.54) is 0 Å². The number of amides is 1. The molecule has 1 aromatic carbocycles. The van der Waals surface area contributed by atoms with Gasteiger partial charge < -0.3 is 11.1 Å². The molecule has 1 aromatic heterocycles. The van der Waals surface area contributed by atoms with Crippen LogP contribution in [-0.4, -0.2) is 21.7 Å². The highest BCUT2D eigenvalue weighted by molar-refractivity contribution is 5.85. The van der Waals surface area contributed by atoms with Crippen molar-refractivity contribution >= 4 is 18.3 Å². The van der Waals surface area contributed by atoms with E-state index in [1.807, 2.05) is 49.0 Å². The van der Waals surface area contributed by atoms with E-state index in [4.69, 9.17) is 5.73 Å². The van der Waals surface area contributed by atoms with Gasteiger partial charge in [-0.25, -0.2) is 0 Å². The molecule has 120 valence electrons. The van der Waals surface area contributed by atoms with Crippen LogP contribution in [0.3, 0.4) is 0 Å². The lowest BCUT2D eigenvalue weighted by atomic mass is 10.0. The van der Waals surface area contributed by atoms with E-state index in [9.17, 15) is 4.79 Å². The van der Waals surface area contributed by atoms with Gasteiger partial charge in [0.15, 0.2) is 0 Å². The Morgan fingerprint density at radius 2 is 1.95 bits per heavy atom. The van der Waals surface area contributed by atoms with Crippen LogP contribution < -0.4 is 11.1 Å². The number of hydrogen-bond donors (Lipinski definition) is 2. The fraction of sp³-hybridized carbons (Fsp3) is 0.375. The standard InChI is InChI=1S/C16H22N4O.ClH/c1-12(13(2)17)16(21)18-10-14-6-3-4-7-15(14)11-20-9-5-8-19-20;/h3-9,12-13H,10-11,17H2,1-2H3,(H,18,21);1H. The SMILES string of the molecule is CC(N)C(C)C(=O)NCc1ccccc1Cn1cccn1.Cl. The van der Waals surface area contributed by atoms with E-state index >= 15 is 0 Å². The summed E-state index contributed by atoms with van der Waals surface area (Å²) in [7, 11) is 0. The van der Waals surface area contributed by atoms with Gasteiger partial charge in [0.05, 0.1) is 6.54 Å². The van der Waals surface area contributed by atoms with E-state index in [0.717, 1.165) is 11.1 Å². The minimum absolute atomic E-state index is 0. The third-order valence-corrected chi connectivity index (χ3v) is 3.67. The minimum Gasteiger partial charge on any atom is -0.352 e. The predicted octanol–water partition coefficient (Wildman–Crippen LogP) is 1.95. The summed E-state index contributed by atoms with van der Waals surface area (Å²) in [6.07, 6.45) is 3.68. The van der Waals surface area contributed by atoms with Crippen molar-refractivity contribution in [2.45, 2.75) is 33.0 Å². The Kier molecular flexibility index (Phi) is 7.08. The highest BCUT2D eigenvalue weighted by Crippen LogP contribution is 2.11. The summed E-state index contributed by atoms with van der Waals surface area (Å²) in [5.41, 5.74) is 8.00. The van der Waals surface area contributed by atoms with Crippen molar-refractivity contribution in [2.24, 2.45) is 11.7 Å². The van der Waals surface area contributed by atoms with Gasteiger partial charge in [-0.2, -0.15) is 5.10 Å². The number of nitrogens with two attached hydrogens (primary N) is 1. The highest BCUT2D eigenvalue weighted by atomic mass is 35.5. The molecule has 0 saturated carbocycles. The topological polar surface area (TPSA) is 72.9 Å². The number of halogens is 1. The fourth-order valence-corrected chi connectivity index (χ4v) is 2.03. The molecule has 22 heavy (non-hydrogen) atoms. The lowest BCUT2D eigenvalue weighted by Crippen LogP contribution is -2.38. The Labute approximate surface area is 137 Å². The zero-order valence-corrected chi connectivity index (χ0v) is 13.7. The molecule has 2 rings (SSSR count). The lowest BCUT2D eigenvalue weighted by molar-refractivity contribution is -0.125. The zero-order valence-electron chi connectivity index (χ0n) is 12.9. The molecule has 2 atom stereocenters. The molecule has 6 heteroatoms. The molecule has 2 aromatic rings. The summed E-state index contributed by atoms with van der Waals surface area (Å²) in [6, 6.07) is 9.80. The third kappa shape index (κ3) is 4.86. The molecule has 0 aliphatic carbocycles. The maximum Gasteiger partial charge on any atom is 0.224 e. The maximum atomic E-state index is 12.0. The number of nitrogens with one attached hydrogen (secondary N) is 1. The van der Waals surface area contributed by atoms with Crippen LogP contribution in [0.15, 0.2) is 42.7 Å². The number of aromatic nitrogens is 2. The van der Waals surface area contributed by atoms with Gasteiger partial charge in [0.25, 0.3) is 0 Å². The molecule has 2 unspecified atom stereocenters. The van der Waals surface area contributed by atoms with Gasteiger partial charge in [-0.1, -0.05) is 31.2 Å². The third-order valence-electron chi connectivity index (χ3n) is 3.67. The molecule has 0 spiro atoms. The maximum absolute atomic E-state index is 12.0. The Morgan fingerprint density at radius 3 is 2.55 bits per heavy atom. The van der Waals surface area contributed by atoms with Gasteiger partial charge >= 0.3 is 0 Å². The number of benzene rings is 1. The van der Waals surface area contributed by atoms with Gasteiger partial charge in [0, 0.05) is 30.9 Å². The number of hydrogen-bond acceptors (Lipinski definition) is 3. The fourth-order valence-electron chi connectivity index (χ4n) is 2.03. The summed E-state index contributed by atoms with van der Waals surface area (Å²) in [5.74, 6) is -0.206. The predicted molar refractivity (Wildman–Crippen MR) is 89.7 cm³/mol. The summed E-state index contributed by atoms with van der Waals surface area (Å²) >= 11 is 0. The van der Waals surface area contributed by atoms with E-state index < -0.39 is 0 Å². The first-order valence-electron chi connectivity index (χ1n) is 7.15. The Hall–Kier alpha value is -1.85. The molecule has 3 N–H and O–H groups in total. The molecule has 0 radical (unpaired) electrons. The van der Waals surface area contributed by atoms with Crippen LogP contribution in [0.2, 0.25) is 0 Å². The number of nitrogens with zero attached hydrogens (tertiary/aromatic N) is 2. The normalized spacial score (nSPS) is 13.0. The number of rotatable bonds is 6. The first-order valence-corrected chi connectivity index (χ1v) is 7.15. The molecule has 1 heterocycles. The van der Waals surface area contributed by atoms with Gasteiger partial charge in [0.1, 0.15) is 0 Å². The highest BCUT2D eigenvalue weighted by Gasteiger charge is 2.16. The Bertz CT molecular complexity index is 584. The zero-order chi connectivity index (χ0) is 15.2. The van der Waals surface area contributed by atoms with Crippen LogP contribution in [0.4, 0.5) is 0 Å². The van der Waals surface area contributed by atoms with Crippen LogP contribution in [-0.2, 0) is 17.9 Å². The van der Waals surface area contributed by atoms with Crippen molar-refractivity contribution in [1.82, 2.24) is 15.1 Å². The summed E-state index contributed by atoms with van der Waals surface area (Å²) < 4.78 is 1.87. The Balaban J connectivity index is 0.00000242. The van der Waals surface area contributed by atoms with Crippen LogP contribution in [0.1, 0.15) is 25.0 Å². The van der Waals surface area contributed by atoms with E-state index in [-0.39, 0.29) is 30.3 Å². The number of carbonyl (C=O) groups excluding carboxylic acids is 1. The minimum atomic E-state index is -0.191. The molecule has 0 bridgehead atoms. The first-order chi connectivity index (χ1) is 10.1. The summed E-state index contributed by atoms with van der Waals surface area (Å²) in [5, 5.41) is 7.16. The van der Waals surface area contributed by atoms with E-state index in [2.05, 4.69) is 16.5 Å². The molecule has 0 fully saturated rings. The Morgan fingerprint density at radius 1 is 1.27 bits per heavy atom. The molecule has 0 saturated heterocycles. The van der Waals surface area contributed by atoms with Crippen molar-refractivity contribution in [1.29, 1.82) is 0 Å². The summed E-state index contributed by atoms with van der Waals surface area (Å²) in [6.45, 7) is 4.89. The van der Waals surface area contributed by atoms with Gasteiger partial charge in [-0.15, -0.1) is 12.4 Å². The van der Waals surface area contributed by atoms with Crippen LogP contribution in [0.5, 0.6) is 0 Å². The second-order valence-corrected chi connectivity index (χ2v) is 5.34. The van der Waals surface area contributed by atoms with Gasteiger partial charge in [-0.3, -0.25) is 9.48 Å². The van der Waals surface area contributed by atoms with Crippen molar-refractivity contribution in [3.8, 4) is 0 Å². The summed E-state index contributed by atoms with van der Waals surface area (Å²) in [4.78, 5) is 12.0. The van der Waals surface area contributed by atoms with E-state index in [0.29, 0.717) is 13.1 Å². The van der Waals surface area contributed by atoms with Crippen molar-refractivity contribution in [2.75, 3.05) is 0 Å². The van der Waals surface area contributed by atoms with Crippen molar-refractivity contribution in [3.63, 3.8) is 0 Å². The second-order valence-electron chi connectivity index (χ2n) is 5.34. The molecule has 0 aliphatic heterocycles. The molecule has 1 amide bonds. The molecule has 0 aliphatic rings. The lowest BCUT2D eigenvalue weighted by Gasteiger charge is -2.16. The van der Waals surface area contributed by atoms with Crippen LogP contribution >= 0.6 is 12.4 Å². The monoisotopic (exact) mass is 322 g/mol. The second kappa shape index (κ2) is 8.56. The number of carbonyl (C=O) groups is 1. The van der Waals surface area contributed by atoms with Gasteiger partial charge in [-0.05, 0) is 24.1 Å². The first kappa shape index (κ1) is 18.2. The molecular formula is C16H23ClN4O.